The monoisotopic (exact) mass is 242 g/mol. The van der Waals surface area contributed by atoms with Crippen molar-refractivity contribution >= 4 is 0 Å². The highest BCUT2D eigenvalue weighted by atomic mass is 16.5. The van der Waals surface area contributed by atoms with Gasteiger partial charge in [0.05, 0.1) is 17.9 Å². The molecule has 1 unspecified atom stereocenters. The van der Waals surface area contributed by atoms with E-state index in [1.54, 1.807) is 0 Å². The molecule has 3 heteroatoms. The van der Waals surface area contributed by atoms with E-state index in [4.69, 9.17) is 10.5 Å². The molecule has 1 atom stereocenters. The summed E-state index contributed by atoms with van der Waals surface area (Å²) in [5, 5.41) is 3.29. The average molecular weight is 242 g/mol. The van der Waals surface area contributed by atoms with Gasteiger partial charge in [-0.15, -0.1) is 0 Å². The SMILES string of the molecule is C=C(NC(C)(N)CCOC(C)(C)C)C(C)(C)C. The number of nitrogens with one attached hydrogen (secondary N) is 1. The smallest absolute Gasteiger partial charge is 0.0847 e. The molecule has 0 radical (unpaired) electrons. The first-order valence-electron chi connectivity index (χ1n) is 6.24. The maximum absolute atomic E-state index is 6.19. The molecule has 0 aliphatic heterocycles. The Labute approximate surface area is 107 Å². The van der Waals surface area contributed by atoms with Gasteiger partial charge in [0.1, 0.15) is 0 Å². The third-order valence-electron chi connectivity index (χ3n) is 2.50. The summed E-state index contributed by atoms with van der Waals surface area (Å²) >= 11 is 0. The number of allylic oxidation sites excluding steroid dienone is 1. The molecule has 0 spiro atoms. The molecule has 17 heavy (non-hydrogen) atoms. The van der Waals surface area contributed by atoms with Crippen LogP contribution in [0.4, 0.5) is 0 Å². The van der Waals surface area contributed by atoms with Crippen LogP contribution in [0.1, 0.15) is 54.9 Å². The molecule has 0 aromatic carbocycles. The molecule has 0 heterocycles. The lowest BCUT2D eigenvalue weighted by molar-refractivity contribution is -0.0119. The molecule has 0 saturated heterocycles. The van der Waals surface area contributed by atoms with Gasteiger partial charge in [0, 0.05) is 17.5 Å². The summed E-state index contributed by atoms with van der Waals surface area (Å²) in [6.07, 6.45) is 0.749. The molecule has 0 fully saturated rings. The molecule has 0 saturated carbocycles. The van der Waals surface area contributed by atoms with E-state index >= 15 is 0 Å². The van der Waals surface area contributed by atoms with Crippen molar-refractivity contribution in [3.63, 3.8) is 0 Å². The second-order valence-corrected chi connectivity index (χ2v) is 6.98. The van der Waals surface area contributed by atoms with Crippen LogP contribution in [0.2, 0.25) is 0 Å². The van der Waals surface area contributed by atoms with Gasteiger partial charge >= 0.3 is 0 Å². The zero-order chi connectivity index (χ0) is 13.9. The summed E-state index contributed by atoms with van der Waals surface area (Å²) in [7, 11) is 0. The van der Waals surface area contributed by atoms with Crippen molar-refractivity contribution in [1.82, 2.24) is 5.32 Å². The van der Waals surface area contributed by atoms with Crippen LogP contribution >= 0.6 is 0 Å². The van der Waals surface area contributed by atoms with Crippen LogP contribution in [0.5, 0.6) is 0 Å². The number of hydrogen-bond donors (Lipinski definition) is 2. The van der Waals surface area contributed by atoms with Gasteiger partial charge in [0.2, 0.25) is 0 Å². The van der Waals surface area contributed by atoms with Crippen molar-refractivity contribution in [2.45, 2.75) is 66.2 Å². The Bertz CT molecular complexity index is 256. The Balaban J connectivity index is 4.17. The zero-order valence-electron chi connectivity index (χ0n) is 12.6. The minimum absolute atomic E-state index is 0.0194. The van der Waals surface area contributed by atoms with E-state index in [-0.39, 0.29) is 11.0 Å². The van der Waals surface area contributed by atoms with Gasteiger partial charge in [-0.05, 0) is 27.7 Å². The van der Waals surface area contributed by atoms with Crippen molar-refractivity contribution in [3.05, 3.63) is 12.3 Å². The first-order valence-corrected chi connectivity index (χ1v) is 6.24. The Kier molecular flexibility index (Phi) is 5.23. The molecule has 102 valence electrons. The molecule has 0 aromatic rings. The van der Waals surface area contributed by atoms with E-state index in [1.165, 1.54) is 0 Å². The van der Waals surface area contributed by atoms with Crippen molar-refractivity contribution in [2.75, 3.05) is 6.61 Å². The Morgan fingerprint density at radius 2 is 1.59 bits per heavy atom. The predicted octanol–water partition coefficient (Wildman–Crippen LogP) is 3.02. The van der Waals surface area contributed by atoms with E-state index < -0.39 is 5.66 Å². The van der Waals surface area contributed by atoms with E-state index in [0.717, 1.165) is 12.1 Å². The molecule has 0 bridgehead atoms. The first kappa shape index (κ1) is 16.5. The molecule has 0 amide bonds. The van der Waals surface area contributed by atoms with E-state index in [2.05, 4.69) is 32.7 Å². The van der Waals surface area contributed by atoms with Crippen LogP contribution in [0.3, 0.4) is 0 Å². The first-order chi connectivity index (χ1) is 7.33. The minimum atomic E-state index is -0.477. The van der Waals surface area contributed by atoms with Gasteiger partial charge in [-0.3, -0.25) is 0 Å². The summed E-state index contributed by atoms with van der Waals surface area (Å²) in [5.74, 6) is 0. The molecule has 3 N–H and O–H groups in total. The van der Waals surface area contributed by atoms with Crippen LogP contribution in [-0.2, 0) is 4.74 Å². The highest BCUT2D eigenvalue weighted by molar-refractivity contribution is 5.05. The fraction of sp³-hybridized carbons (Fsp3) is 0.857. The summed E-state index contributed by atoms with van der Waals surface area (Å²) < 4.78 is 5.68. The van der Waals surface area contributed by atoms with Crippen molar-refractivity contribution in [2.24, 2.45) is 11.1 Å². The summed E-state index contributed by atoms with van der Waals surface area (Å²) in [4.78, 5) is 0. The standard InChI is InChI=1S/C14H30N2O/c1-11(12(2,3)4)16-14(8,15)9-10-17-13(5,6)7/h16H,1,9-10,15H2,2-8H3. The second kappa shape index (κ2) is 5.40. The topological polar surface area (TPSA) is 47.3 Å². The zero-order valence-corrected chi connectivity index (χ0v) is 12.6. The fourth-order valence-corrected chi connectivity index (χ4v) is 1.16. The Morgan fingerprint density at radius 1 is 1.12 bits per heavy atom. The number of nitrogens with two attached hydrogens (primary N) is 1. The highest BCUT2D eigenvalue weighted by Crippen LogP contribution is 2.23. The third kappa shape index (κ3) is 8.22. The van der Waals surface area contributed by atoms with Crippen molar-refractivity contribution < 1.29 is 4.74 Å². The van der Waals surface area contributed by atoms with E-state index in [1.807, 2.05) is 27.7 Å². The Morgan fingerprint density at radius 3 is 1.94 bits per heavy atom. The summed E-state index contributed by atoms with van der Waals surface area (Å²) in [6.45, 7) is 19.1. The minimum Gasteiger partial charge on any atom is -0.376 e. The number of rotatable bonds is 5. The average Bonchev–Trinajstić information content (AvgIpc) is 1.97. The molecule has 3 nitrogen and oxygen atoms in total. The highest BCUT2D eigenvalue weighted by Gasteiger charge is 2.24. The van der Waals surface area contributed by atoms with Gasteiger partial charge in [0.25, 0.3) is 0 Å². The predicted molar refractivity (Wildman–Crippen MR) is 74.6 cm³/mol. The van der Waals surface area contributed by atoms with Crippen LogP contribution in [0, 0.1) is 5.41 Å². The normalized spacial score (nSPS) is 16.5. The van der Waals surface area contributed by atoms with Crippen LogP contribution in [0.25, 0.3) is 0 Å². The van der Waals surface area contributed by atoms with Gasteiger partial charge in [0.15, 0.2) is 0 Å². The quantitative estimate of drug-likeness (QED) is 0.729. The van der Waals surface area contributed by atoms with Crippen LogP contribution < -0.4 is 11.1 Å². The van der Waals surface area contributed by atoms with Crippen molar-refractivity contribution in [1.29, 1.82) is 0 Å². The Hall–Kier alpha value is -0.540. The molecule has 0 aliphatic carbocycles. The van der Waals surface area contributed by atoms with Gasteiger partial charge < -0.3 is 15.8 Å². The van der Waals surface area contributed by atoms with Gasteiger partial charge in [-0.25, -0.2) is 0 Å². The fourth-order valence-electron chi connectivity index (χ4n) is 1.16. The lowest BCUT2D eigenvalue weighted by atomic mass is 9.91. The molecule has 0 aliphatic rings. The maximum Gasteiger partial charge on any atom is 0.0847 e. The molecule has 0 rings (SSSR count). The largest absolute Gasteiger partial charge is 0.376 e. The van der Waals surface area contributed by atoms with E-state index in [0.29, 0.717) is 6.61 Å². The second-order valence-electron chi connectivity index (χ2n) is 6.98. The van der Waals surface area contributed by atoms with Gasteiger partial charge in [-0.2, -0.15) is 0 Å². The molecular weight excluding hydrogens is 212 g/mol. The van der Waals surface area contributed by atoms with Crippen LogP contribution in [0.15, 0.2) is 12.3 Å². The van der Waals surface area contributed by atoms with Crippen molar-refractivity contribution in [3.8, 4) is 0 Å². The van der Waals surface area contributed by atoms with Crippen LogP contribution in [-0.4, -0.2) is 17.9 Å². The number of ether oxygens (including phenoxy) is 1. The summed E-state index contributed by atoms with van der Waals surface area (Å²) in [5.41, 5.74) is 6.58. The summed E-state index contributed by atoms with van der Waals surface area (Å²) in [6, 6.07) is 0. The maximum atomic E-state index is 6.19. The third-order valence-corrected chi connectivity index (χ3v) is 2.50. The lowest BCUT2D eigenvalue weighted by Gasteiger charge is -2.34. The lowest BCUT2D eigenvalue weighted by Crippen LogP contribution is -2.52. The molecule has 0 aromatic heterocycles. The van der Waals surface area contributed by atoms with Gasteiger partial charge in [-0.1, -0.05) is 27.4 Å². The van der Waals surface area contributed by atoms with E-state index in [9.17, 15) is 0 Å². The number of hydrogen-bond acceptors (Lipinski definition) is 3. The molecular formula is C14H30N2O.